The van der Waals surface area contributed by atoms with Crippen LogP contribution in [-0.2, 0) is 14.8 Å². The molecule has 16 heavy (non-hydrogen) atoms. The van der Waals surface area contributed by atoms with Crippen LogP contribution in [-0.4, -0.2) is 50.7 Å². The van der Waals surface area contributed by atoms with E-state index in [1.165, 1.54) is 0 Å². The normalized spacial score (nSPS) is 20.1. The van der Waals surface area contributed by atoms with E-state index in [2.05, 4.69) is 0 Å². The van der Waals surface area contributed by atoms with Gasteiger partial charge in [0.1, 0.15) is 0 Å². The van der Waals surface area contributed by atoms with E-state index in [4.69, 9.17) is 16.3 Å². The maximum absolute atomic E-state index is 11.9. The van der Waals surface area contributed by atoms with Gasteiger partial charge < -0.3 is 4.74 Å². The highest BCUT2D eigenvalue weighted by Crippen LogP contribution is 2.17. The smallest absolute Gasteiger partial charge is 0.214 e. The van der Waals surface area contributed by atoms with Crippen LogP contribution in [0, 0.1) is 0 Å². The molecule has 1 aliphatic rings. The molecule has 0 spiro atoms. The number of methoxy groups -OCH3 is 1. The maximum Gasteiger partial charge on any atom is 0.214 e. The van der Waals surface area contributed by atoms with Crippen LogP contribution >= 0.6 is 11.6 Å². The van der Waals surface area contributed by atoms with E-state index in [1.54, 1.807) is 11.4 Å². The van der Waals surface area contributed by atoms with Gasteiger partial charge in [-0.05, 0) is 25.7 Å². The molecule has 4 nitrogen and oxygen atoms in total. The number of sulfonamides is 1. The van der Waals surface area contributed by atoms with Crippen LogP contribution in [0.3, 0.4) is 0 Å². The highest BCUT2D eigenvalue weighted by molar-refractivity contribution is 7.89. The SMILES string of the molecule is COC1CCN(S(=O)(=O)CCCCCl)CC1. The molecule has 1 heterocycles. The molecule has 1 aliphatic heterocycles. The zero-order chi connectivity index (χ0) is 12.0. The lowest BCUT2D eigenvalue weighted by molar-refractivity contribution is 0.0604. The number of ether oxygens (including phenoxy) is 1. The molecular weight excluding hydrogens is 250 g/mol. The first-order valence-electron chi connectivity index (χ1n) is 5.66. The summed E-state index contributed by atoms with van der Waals surface area (Å²) in [5.41, 5.74) is 0. The van der Waals surface area contributed by atoms with Crippen molar-refractivity contribution in [1.82, 2.24) is 4.31 Å². The first kappa shape index (κ1) is 14.2. The summed E-state index contributed by atoms with van der Waals surface area (Å²) in [6.07, 6.45) is 3.22. The summed E-state index contributed by atoms with van der Waals surface area (Å²) >= 11 is 5.53. The van der Waals surface area contributed by atoms with Crippen molar-refractivity contribution >= 4 is 21.6 Å². The van der Waals surface area contributed by atoms with Gasteiger partial charge in [-0.15, -0.1) is 11.6 Å². The number of unbranched alkanes of at least 4 members (excludes halogenated alkanes) is 1. The molecule has 0 saturated carbocycles. The summed E-state index contributed by atoms with van der Waals surface area (Å²) in [7, 11) is -1.39. The Morgan fingerprint density at radius 3 is 2.44 bits per heavy atom. The van der Waals surface area contributed by atoms with E-state index in [0.29, 0.717) is 25.4 Å². The van der Waals surface area contributed by atoms with Gasteiger partial charge in [-0.25, -0.2) is 12.7 Å². The summed E-state index contributed by atoms with van der Waals surface area (Å²) in [6, 6.07) is 0. The molecule has 0 aromatic carbocycles. The molecule has 6 heteroatoms. The van der Waals surface area contributed by atoms with E-state index in [0.717, 1.165) is 19.3 Å². The molecule has 1 fully saturated rings. The van der Waals surface area contributed by atoms with Crippen molar-refractivity contribution < 1.29 is 13.2 Å². The first-order chi connectivity index (χ1) is 7.60. The Kier molecular flexibility index (Phi) is 6.03. The van der Waals surface area contributed by atoms with Crippen molar-refractivity contribution in [3.63, 3.8) is 0 Å². The lowest BCUT2D eigenvalue weighted by Crippen LogP contribution is -2.41. The molecule has 0 bridgehead atoms. The minimum Gasteiger partial charge on any atom is -0.381 e. The molecule has 0 amide bonds. The van der Waals surface area contributed by atoms with Gasteiger partial charge in [0.05, 0.1) is 11.9 Å². The van der Waals surface area contributed by atoms with Gasteiger partial charge in [0.25, 0.3) is 0 Å². The standard InChI is InChI=1S/C10H20ClNO3S/c1-15-10-4-7-12(8-5-10)16(13,14)9-3-2-6-11/h10H,2-9H2,1H3. The van der Waals surface area contributed by atoms with E-state index < -0.39 is 10.0 Å². The number of hydrogen-bond donors (Lipinski definition) is 0. The average molecular weight is 270 g/mol. The Bertz CT molecular complexity index is 286. The molecule has 1 saturated heterocycles. The van der Waals surface area contributed by atoms with Gasteiger partial charge in [0, 0.05) is 26.1 Å². The molecule has 0 atom stereocenters. The summed E-state index contributed by atoms with van der Waals surface area (Å²) in [5.74, 6) is 0.749. The van der Waals surface area contributed by atoms with Gasteiger partial charge in [-0.2, -0.15) is 0 Å². The number of alkyl halides is 1. The van der Waals surface area contributed by atoms with Crippen molar-refractivity contribution in [2.24, 2.45) is 0 Å². The Morgan fingerprint density at radius 2 is 1.94 bits per heavy atom. The second-order valence-corrected chi connectivity index (χ2v) is 6.51. The molecule has 96 valence electrons. The molecular formula is C10H20ClNO3S. The Hall–Kier alpha value is 0.160. The number of hydrogen-bond acceptors (Lipinski definition) is 3. The van der Waals surface area contributed by atoms with Crippen LogP contribution in [0.25, 0.3) is 0 Å². The highest BCUT2D eigenvalue weighted by Gasteiger charge is 2.27. The van der Waals surface area contributed by atoms with Crippen molar-refractivity contribution in [2.75, 3.05) is 31.8 Å². The Morgan fingerprint density at radius 1 is 1.31 bits per heavy atom. The number of rotatable bonds is 6. The predicted molar refractivity (Wildman–Crippen MR) is 65.3 cm³/mol. The third-order valence-electron chi connectivity index (χ3n) is 2.91. The first-order valence-corrected chi connectivity index (χ1v) is 7.81. The molecule has 0 N–H and O–H groups in total. The quantitative estimate of drug-likeness (QED) is 0.542. The molecule has 0 aromatic heterocycles. The van der Waals surface area contributed by atoms with E-state index >= 15 is 0 Å². The zero-order valence-electron chi connectivity index (χ0n) is 9.69. The fourth-order valence-electron chi connectivity index (χ4n) is 1.85. The van der Waals surface area contributed by atoms with Gasteiger partial charge in [-0.1, -0.05) is 0 Å². The van der Waals surface area contributed by atoms with Crippen molar-refractivity contribution in [2.45, 2.75) is 31.8 Å². The van der Waals surface area contributed by atoms with Crippen molar-refractivity contribution in [3.8, 4) is 0 Å². The largest absolute Gasteiger partial charge is 0.381 e. The third-order valence-corrected chi connectivity index (χ3v) is 5.14. The number of nitrogens with zero attached hydrogens (tertiary/aromatic N) is 1. The van der Waals surface area contributed by atoms with Crippen LogP contribution in [0.4, 0.5) is 0 Å². The monoisotopic (exact) mass is 269 g/mol. The Labute approximate surface area is 103 Å². The summed E-state index contributed by atoms with van der Waals surface area (Å²) in [4.78, 5) is 0. The summed E-state index contributed by atoms with van der Waals surface area (Å²) < 4.78 is 30.6. The van der Waals surface area contributed by atoms with Crippen LogP contribution in [0.2, 0.25) is 0 Å². The van der Waals surface area contributed by atoms with E-state index in [1.807, 2.05) is 0 Å². The average Bonchev–Trinajstić information content (AvgIpc) is 2.29. The molecule has 0 unspecified atom stereocenters. The number of halogens is 1. The summed E-state index contributed by atoms with van der Waals surface area (Å²) in [5, 5.41) is 0. The molecule has 0 radical (unpaired) electrons. The van der Waals surface area contributed by atoms with Gasteiger partial charge in [-0.3, -0.25) is 0 Å². The van der Waals surface area contributed by atoms with Gasteiger partial charge in [0.15, 0.2) is 0 Å². The minimum atomic E-state index is -3.07. The second kappa shape index (κ2) is 6.79. The maximum atomic E-state index is 11.9. The van der Waals surface area contributed by atoms with Crippen molar-refractivity contribution in [3.05, 3.63) is 0 Å². The summed E-state index contributed by atoms with van der Waals surface area (Å²) in [6.45, 7) is 1.17. The lowest BCUT2D eigenvalue weighted by Gasteiger charge is -2.30. The highest BCUT2D eigenvalue weighted by atomic mass is 35.5. The fraction of sp³-hybridized carbons (Fsp3) is 1.00. The number of piperidine rings is 1. The lowest BCUT2D eigenvalue weighted by atomic mass is 10.1. The van der Waals surface area contributed by atoms with Crippen molar-refractivity contribution in [1.29, 1.82) is 0 Å². The molecule has 0 aliphatic carbocycles. The third kappa shape index (κ3) is 4.20. The van der Waals surface area contributed by atoms with Crippen LogP contribution in [0.1, 0.15) is 25.7 Å². The molecule has 1 rings (SSSR count). The predicted octanol–water partition coefficient (Wildman–Crippen LogP) is 1.45. The van der Waals surface area contributed by atoms with Gasteiger partial charge >= 0.3 is 0 Å². The molecule has 0 aromatic rings. The zero-order valence-corrected chi connectivity index (χ0v) is 11.3. The fourth-order valence-corrected chi connectivity index (χ4v) is 3.64. The van der Waals surface area contributed by atoms with E-state index in [9.17, 15) is 8.42 Å². The topological polar surface area (TPSA) is 46.6 Å². The Balaban J connectivity index is 2.39. The van der Waals surface area contributed by atoms with Crippen LogP contribution in [0.5, 0.6) is 0 Å². The minimum absolute atomic E-state index is 0.217. The van der Waals surface area contributed by atoms with Crippen LogP contribution < -0.4 is 0 Å². The van der Waals surface area contributed by atoms with Gasteiger partial charge in [0.2, 0.25) is 10.0 Å². The second-order valence-electron chi connectivity index (χ2n) is 4.05. The van der Waals surface area contributed by atoms with Crippen LogP contribution in [0.15, 0.2) is 0 Å². The van der Waals surface area contributed by atoms with E-state index in [-0.39, 0.29) is 11.9 Å².